The van der Waals surface area contributed by atoms with Crippen LogP contribution >= 0.6 is 0 Å². The average Bonchev–Trinajstić information content (AvgIpc) is 3.53. The van der Waals surface area contributed by atoms with Gasteiger partial charge in [0.25, 0.3) is 0 Å². The lowest BCUT2D eigenvalue weighted by molar-refractivity contribution is 0.574. The van der Waals surface area contributed by atoms with Gasteiger partial charge in [0.05, 0.1) is 23.2 Å². The number of rotatable bonds is 1. The molecule has 2 aliphatic rings. The lowest BCUT2D eigenvalue weighted by Crippen LogP contribution is -2.07. The van der Waals surface area contributed by atoms with Gasteiger partial charge in [-0.05, 0) is 57.2 Å². The van der Waals surface area contributed by atoms with Crippen molar-refractivity contribution in [2.45, 2.75) is 44.9 Å². The average molecular weight is 336 g/mol. The van der Waals surface area contributed by atoms with Gasteiger partial charge in [0.15, 0.2) is 0 Å². The van der Waals surface area contributed by atoms with Crippen LogP contribution in [0.4, 0.5) is 4.39 Å². The molecule has 2 fully saturated rings. The Balaban J connectivity index is 0.000000149. The first kappa shape index (κ1) is 18.5. The van der Waals surface area contributed by atoms with E-state index in [1.807, 2.05) is 19.1 Å². The molecule has 2 aromatic heterocycles. The van der Waals surface area contributed by atoms with Gasteiger partial charge in [-0.1, -0.05) is 12.1 Å². The Morgan fingerprint density at radius 2 is 1.64 bits per heavy atom. The van der Waals surface area contributed by atoms with Crippen LogP contribution < -0.4 is 0 Å². The zero-order valence-corrected chi connectivity index (χ0v) is 14.5. The number of nitrogens with zero attached hydrogens (tertiary/aromatic N) is 4. The van der Waals surface area contributed by atoms with Crippen molar-refractivity contribution < 1.29 is 4.39 Å². The van der Waals surface area contributed by atoms with Gasteiger partial charge >= 0.3 is 0 Å². The third-order valence-corrected chi connectivity index (χ3v) is 4.13. The van der Waals surface area contributed by atoms with Crippen LogP contribution in [0, 0.1) is 48.4 Å². The highest BCUT2D eigenvalue weighted by Crippen LogP contribution is 2.47. The Morgan fingerprint density at radius 3 is 1.96 bits per heavy atom. The van der Waals surface area contributed by atoms with Crippen molar-refractivity contribution in [2.24, 2.45) is 5.92 Å². The second-order valence-electron chi connectivity index (χ2n) is 6.38. The number of aromatic nitrogens is 2. The SMILES string of the molecule is Cc1cccnc1C1(C#N)CC1.Cc1cccnc1F.N#CC1CC1. The molecule has 0 aromatic carbocycles. The Labute approximate surface area is 148 Å². The monoisotopic (exact) mass is 336 g/mol. The predicted octanol–water partition coefficient (Wildman–Crippen LogP) is 4.39. The fourth-order valence-corrected chi connectivity index (χ4v) is 2.19. The number of aryl methyl sites for hydroxylation is 2. The summed E-state index contributed by atoms with van der Waals surface area (Å²) in [6.07, 6.45) is 7.44. The molecule has 0 atom stereocenters. The van der Waals surface area contributed by atoms with Crippen LogP contribution in [0.3, 0.4) is 0 Å². The van der Waals surface area contributed by atoms with E-state index in [1.165, 1.54) is 6.20 Å². The van der Waals surface area contributed by atoms with Gasteiger partial charge in [-0.2, -0.15) is 14.9 Å². The molecule has 25 heavy (non-hydrogen) atoms. The van der Waals surface area contributed by atoms with E-state index in [9.17, 15) is 4.39 Å². The molecule has 0 radical (unpaired) electrons. The van der Waals surface area contributed by atoms with Gasteiger partial charge in [-0.25, -0.2) is 4.98 Å². The van der Waals surface area contributed by atoms with Crippen LogP contribution in [0.25, 0.3) is 0 Å². The van der Waals surface area contributed by atoms with E-state index < -0.39 is 0 Å². The molecule has 2 aromatic rings. The number of pyridine rings is 2. The lowest BCUT2D eigenvalue weighted by atomic mass is 10.00. The molecule has 128 valence electrons. The summed E-state index contributed by atoms with van der Waals surface area (Å²) in [6, 6.07) is 11.8. The van der Waals surface area contributed by atoms with E-state index >= 15 is 0 Å². The van der Waals surface area contributed by atoms with Crippen molar-refractivity contribution in [2.75, 3.05) is 0 Å². The molecule has 0 saturated heterocycles. The van der Waals surface area contributed by atoms with Crippen LogP contribution in [0.2, 0.25) is 0 Å². The topological polar surface area (TPSA) is 73.4 Å². The minimum atomic E-state index is -0.382. The van der Waals surface area contributed by atoms with Gasteiger partial charge in [-0.15, -0.1) is 0 Å². The summed E-state index contributed by atoms with van der Waals surface area (Å²) in [6.45, 7) is 3.70. The molecule has 2 heterocycles. The highest BCUT2D eigenvalue weighted by molar-refractivity contribution is 5.38. The first-order valence-electron chi connectivity index (χ1n) is 8.32. The number of halogens is 1. The van der Waals surface area contributed by atoms with Crippen LogP contribution in [0.1, 0.15) is 42.5 Å². The highest BCUT2D eigenvalue weighted by Gasteiger charge is 2.47. The molecule has 2 saturated carbocycles. The van der Waals surface area contributed by atoms with E-state index in [-0.39, 0.29) is 11.4 Å². The molecule has 2 aliphatic carbocycles. The maximum absolute atomic E-state index is 12.2. The quantitative estimate of drug-likeness (QED) is 0.724. The molecule has 5 heteroatoms. The summed E-state index contributed by atoms with van der Waals surface area (Å²) >= 11 is 0. The third kappa shape index (κ3) is 5.36. The summed E-state index contributed by atoms with van der Waals surface area (Å²) in [5.74, 6) is 0.0579. The van der Waals surface area contributed by atoms with Crippen molar-refractivity contribution in [3.05, 3.63) is 59.4 Å². The van der Waals surface area contributed by atoms with E-state index in [0.29, 0.717) is 11.5 Å². The van der Waals surface area contributed by atoms with Crippen molar-refractivity contribution >= 4 is 0 Å². The summed E-state index contributed by atoms with van der Waals surface area (Å²) in [5, 5.41) is 16.9. The van der Waals surface area contributed by atoms with Crippen molar-refractivity contribution in [3.8, 4) is 12.1 Å². The number of nitriles is 2. The maximum atomic E-state index is 12.2. The first-order chi connectivity index (χ1) is 12.0. The maximum Gasteiger partial charge on any atom is 0.215 e. The van der Waals surface area contributed by atoms with Gasteiger partial charge in [0.2, 0.25) is 5.95 Å². The van der Waals surface area contributed by atoms with Crippen LogP contribution in [0.5, 0.6) is 0 Å². The van der Waals surface area contributed by atoms with Crippen LogP contribution in [0.15, 0.2) is 36.7 Å². The molecule has 0 aliphatic heterocycles. The van der Waals surface area contributed by atoms with E-state index in [4.69, 9.17) is 10.5 Å². The highest BCUT2D eigenvalue weighted by atomic mass is 19.1. The Kier molecular flexibility index (Phi) is 6.19. The molecule has 0 unspecified atom stereocenters. The number of hydrogen-bond acceptors (Lipinski definition) is 4. The second kappa shape index (κ2) is 8.35. The molecule has 0 bridgehead atoms. The van der Waals surface area contributed by atoms with Crippen molar-refractivity contribution in [1.29, 1.82) is 10.5 Å². The van der Waals surface area contributed by atoms with Crippen LogP contribution in [-0.4, -0.2) is 9.97 Å². The number of hydrogen-bond donors (Lipinski definition) is 0. The van der Waals surface area contributed by atoms with E-state index in [2.05, 4.69) is 22.1 Å². The lowest BCUT2D eigenvalue weighted by Gasteiger charge is -2.06. The normalized spacial score (nSPS) is 16.0. The van der Waals surface area contributed by atoms with Crippen molar-refractivity contribution in [1.82, 2.24) is 9.97 Å². The minimum absolute atomic E-state index is 0.231. The van der Waals surface area contributed by atoms with Gasteiger partial charge in [0.1, 0.15) is 0 Å². The predicted molar refractivity (Wildman–Crippen MR) is 92.8 cm³/mol. The van der Waals surface area contributed by atoms with E-state index in [0.717, 1.165) is 36.9 Å². The first-order valence-corrected chi connectivity index (χ1v) is 8.32. The molecule has 0 spiro atoms. The largest absolute Gasteiger partial charge is 0.259 e. The smallest absolute Gasteiger partial charge is 0.215 e. The summed E-state index contributed by atoms with van der Waals surface area (Å²) in [5.41, 5.74) is 2.47. The summed E-state index contributed by atoms with van der Waals surface area (Å²) in [4.78, 5) is 7.67. The Bertz CT molecular complexity index is 775. The van der Waals surface area contributed by atoms with Crippen LogP contribution in [-0.2, 0) is 5.41 Å². The van der Waals surface area contributed by atoms with Crippen molar-refractivity contribution in [3.63, 3.8) is 0 Å². The summed E-state index contributed by atoms with van der Waals surface area (Å²) < 4.78 is 12.2. The third-order valence-electron chi connectivity index (χ3n) is 4.13. The van der Waals surface area contributed by atoms with Gasteiger partial charge < -0.3 is 0 Å². The second-order valence-corrected chi connectivity index (χ2v) is 6.38. The molecule has 4 nitrogen and oxygen atoms in total. The molecular weight excluding hydrogens is 315 g/mol. The van der Waals surface area contributed by atoms with E-state index in [1.54, 1.807) is 25.3 Å². The molecule has 4 rings (SSSR count). The zero-order chi connectivity index (χ0) is 18.3. The molecule has 0 N–H and O–H groups in total. The standard InChI is InChI=1S/C10H10N2.C6H6FN.C4H5N/c1-8-3-2-6-12-9(8)10(7-11)4-5-10;1-5-3-2-4-8-6(5)7;5-3-4-1-2-4/h2-3,6H,4-5H2,1H3;2-4H,1H3;4H,1-2H2. The minimum Gasteiger partial charge on any atom is -0.259 e. The zero-order valence-electron chi connectivity index (χ0n) is 14.5. The summed E-state index contributed by atoms with van der Waals surface area (Å²) in [7, 11) is 0. The molecule has 0 amide bonds. The van der Waals surface area contributed by atoms with Gasteiger partial charge in [-0.3, -0.25) is 4.98 Å². The molecular formula is C20H21FN4. The fraction of sp³-hybridized carbons (Fsp3) is 0.400. The van der Waals surface area contributed by atoms with Gasteiger partial charge in [0, 0.05) is 23.9 Å². The Morgan fingerprint density at radius 1 is 1.04 bits per heavy atom. The fourth-order valence-electron chi connectivity index (χ4n) is 2.19. The Hall–Kier alpha value is -2.79.